The maximum absolute atomic E-state index is 12.4. The minimum Gasteiger partial charge on any atom is -0.465 e. The molecule has 3 rings (SSSR count). The number of esters is 2. The van der Waals surface area contributed by atoms with Crippen molar-refractivity contribution in [2.75, 3.05) is 12.4 Å². The highest BCUT2D eigenvalue weighted by Crippen LogP contribution is 2.31. The lowest BCUT2D eigenvalue weighted by Gasteiger charge is -2.32. The minimum atomic E-state index is -0.503. The van der Waals surface area contributed by atoms with Crippen LogP contribution >= 0.6 is 0 Å². The molecule has 0 bridgehead atoms. The van der Waals surface area contributed by atoms with Crippen LogP contribution in [0.25, 0.3) is 11.3 Å². The normalized spacial score (nSPS) is 18.8. The Labute approximate surface area is 188 Å². The van der Waals surface area contributed by atoms with E-state index in [4.69, 9.17) is 9.47 Å². The number of aryl methyl sites for hydroxylation is 2. The Kier molecular flexibility index (Phi) is 7.16. The number of aromatic nitrogens is 4. The SMILES string of the molecule is COC(=O)c1c(C)nc(N[C@@H]2CCCC[C@@H]2CC(=O)OC(C)(C)C)nc1-c1cnn(C)c1. The Balaban J connectivity index is 1.87. The van der Waals surface area contributed by atoms with Crippen molar-refractivity contribution in [1.82, 2.24) is 19.7 Å². The molecular formula is C23H33N5O4. The van der Waals surface area contributed by atoms with Gasteiger partial charge in [0.2, 0.25) is 5.95 Å². The van der Waals surface area contributed by atoms with Crippen LogP contribution < -0.4 is 5.32 Å². The number of anilines is 1. The highest BCUT2D eigenvalue weighted by molar-refractivity contribution is 5.97. The van der Waals surface area contributed by atoms with Crippen molar-refractivity contribution in [3.05, 3.63) is 23.7 Å². The zero-order valence-corrected chi connectivity index (χ0v) is 19.8. The molecule has 1 saturated carbocycles. The van der Waals surface area contributed by atoms with Crippen LogP contribution in [-0.4, -0.2) is 50.4 Å². The number of hydrogen-bond acceptors (Lipinski definition) is 8. The van der Waals surface area contributed by atoms with Crippen molar-refractivity contribution < 1.29 is 19.1 Å². The zero-order valence-electron chi connectivity index (χ0n) is 19.8. The Hall–Kier alpha value is -2.97. The van der Waals surface area contributed by atoms with Crippen molar-refractivity contribution >= 4 is 17.9 Å². The van der Waals surface area contributed by atoms with Crippen LogP contribution in [0.1, 0.15) is 68.9 Å². The quantitative estimate of drug-likeness (QED) is 0.674. The van der Waals surface area contributed by atoms with Gasteiger partial charge in [0.1, 0.15) is 11.2 Å². The molecule has 0 aliphatic heterocycles. The van der Waals surface area contributed by atoms with E-state index in [9.17, 15) is 9.59 Å². The highest BCUT2D eigenvalue weighted by atomic mass is 16.6. The van der Waals surface area contributed by atoms with Gasteiger partial charge in [0.15, 0.2) is 0 Å². The smallest absolute Gasteiger partial charge is 0.341 e. The van der Waals surface area contributed by atoms with E-state index in [0.717, 1.165) is 25.7 Å². The van der Waals surface area contributed by atoms with E-state index in [1.165, 1.54) is 7.11 Å². The first-order valence-electron chi connectivity index (χ1n) is 11.0. The van der Waals surface area contributed by atoms with Gasteiger partial charge in [0.25, 0.3) is 0 Å². The summed E-state index contributed by atoms with van der Waals surface area (Å²) in [4.78, 5) is 34.1. The second-order valence-electron chi connectivity index (χ2n) is 9.34. The van der Waals surface area contributed by atoms with E-state index >= 15 is 0 Å². The standard InChI is InChI=1S/C23H33N5O4/c1-14-19(21(30)31-6)20(16-12-24-28(5)13-16)27-22(25-14)26-17-10-8-7-9-15(17)11-18(29)32-23(2,3)4/h12-13,15,17H,7-11H2,1-6H3,(H,25,26,27)/t15-,17-/m1/s1. The van der Waals surface area contributed by atoms with Gasteiger partial charge in [0.05, 0.1) is 31.1 Å². The molecule has 174 valence electrons. The van der Waals surface area contributed by atoms with Crippen LogP contribution in [0.5, 0.6) is 0 Å². The first-order valence-corrected chi connectivity index (χ1v) is 11.0. The van der Waals surface area contributed by atoms with Gasteiger partial charge in [0, 0.05) is 24.8 Å². The van der Waals surface area contributed by atoms with Crippen LogP contribution in [0, 0.1) is 12.8 Å². The summed E-state index contributed by atoms with van der Waals surface area (Å²) in [5.41, 5.74) is 1.51. The molecule has 2 aromatic heterocycles. The molecule has 9 heteroatoms. The number of carbonyl (C=O) groups is 2. The summed E-state index contributed by atoms with van der Waals surface area (Å²) in [7, 11) is 3.14. The summed E-state index contributed by atoms with van der Waals surface area (Å²) in [6.45, 7) is 7.39. The van der Waals surface area contributed by atoms with Gasteiger partial charge in [-0.05, 0) is 46.5 Å². The summed E-state index contributed by atoms with van der Waals surface area (Å²) < 4.78 is 12.1. The van der Waals surface area contributed by atoms with Gasteiger partial charge in [-0.2, -0.15) is 5.10 Å². The molecule has 2 atom stereocenters. The third-order valence-electron chi connectivity index (χ3n) is 5.53. The van der Waals surface area contributed by atoms with Gasteiger partial charge in [-0.15, -0.1) is 0 Å². The average Bonchev–Trinajstić information content (AvgIpc) is 3.13. The third kappa shape index (κ3) is 5.83. The largest absolute Gasteiger partial charge is 0.465 e. The van der Waals surface area contributed by atoms with Crippen LogP contribution in [0.2, 0.25) is 0 Å². The average molecular weight is 444 g/mol. The van der Waals surface area contributed by atoms with Gasteiger partial charge >= 0.3 is 11.9 Å². The summed E-state index contributed by atoms with van der Waals surface area (Å²) >= 11 is 0. The second-order valence-corrected chi connectivity index (χ2v) is 9.34. The fraction of sp³-hybridized carbons (Fsp3) is 0.609. The maximum Gasteiger partial charge on any atom is 0.341 e. The molecule has 2 aromatic rings. The summed E-state index contributed by atoms with van der Waals surface area (Å²) in [6, 6.07) is 0.0430. The lowest BCUT2D eigenvalue weighted by Crippen LogP contribution is -2.36. The van der Waals surface area contributed by atoms with E-state index in [-0.39, 0.29) is 17.9 Å². The molecule has 1 N–H and O–H groups in total. The van der Waals surface area contributed by atoms with Crippen molar-refractivity contribution in [3.63, 3.8) is 0 Å². The summed E-state index contributed by atoms with van der Waals surface area (Å²) in [5, 5.41) is 7.63. The summed E-state index contributed by atoms with van der Waals surface area (Å²) in [6.07, 6.45) is 7.80. The highest BCUT2D eigenvalue weighted by Gasteiger charge is 2.30. The summed E-state index contributed by atoms with van der Waals surface area (Å²) in [5.74, 6) is -0.126. The molecule has 0 amide bonds. The van der Waals surface area contributed by atoms with Crippen molar-refractivity contribution in [2.45, 2.75) is 71.4 Å². The Bertz CT molecular complexity index is 979. The number of carbonyl (C=O) groups excluding carboxylic acids is 2. The number of ether oxygens (including phenoxy) is 2. The van der Waals surface area contributed by atoms with Gasteiger partial charge in [-0.25, -0.2) is 14.8 Å². The number of nitrogens with zero attached hydrogens (tertiary/aromatic N) is 4. The van der Waals surface area contributed by atoms with Crippen molar-refractivity contribution in [1.29, 1.82) is 0 Å². The molecular weight excluding hydrogens is 410 g/mol. The Morgan fingerprint density at radius 2 is 1.94 bits per heavy atom. The first kappa shape index (κ1) is 23.7. The van der Waals surface area contributed by atoms with E-state index < -0.39 is 11.6 Å². The predicted molar refractivity (Wildman–Crippen MR) is 120 cm³/mol. The molecule has 2 heterocycles. The number of nitrogens with one attached hydrogen (secondary N) is 1. The molecule has 0 radical (unpaired) electrons. The van der Waals surface area contributed by atoms with E-state index in [0.29, 0.717) is 34.9 Å². The van der Waals surface area contributed by atoms with Crippen LogP contribution in [0.15, 0.2) is 12.4 Å². The van der Waals surface area contributed by atoms with Gasteiger partial charge in [-0.3, -0.25) is 9.48 Å². The van der Waals surface area contributed by atoms with E-state index in [1.54, 1.807) is 31.0 Å². The molecule has 1 aliphatic carbocycles. The predicted octanol–water partition coefficient (Wildman–Crippen LogP) is 3.67. The third-order valence-corrected chi connectivity index (χ3v) is 5.53. The molecule has 9 nitrogen and oxygen atoms in total. The van der Waals surface area contributed by atoms with Gasteiger partial charge < -0.3 is 14.8 Å². The first-order chi connectivity index (χ1) is 15.1. The number of hydrogen-bond donors (Lipinski definition) is 1. The van der Waals surface area contributed by atoms with Crippen molar-refractivity contribution in [3.8, 4) is 11.3 Å². The van der Waals surface area contributed by atoms with Crippen LogP contribution in [0.3, 0.4) is 0 Å². The van der Waals surface area contributed by atoms with E-state index in [2.05, 4.69) is 20.4 Å². The number of rotatable bonds is 6. The molecule has 0 aromatic carbocycles. The van der Waals surface area contributed by atoms with Crippen LogP contribution in [-0.2, 0) is 21.3 Å². The topological polar surface area (TPSA) is 108 Å². The lowest BCUT2D eigenvalue weighted by atomic mass is 9.82. The molecule has 0 saturated heterocycles. The zero-order chi connectivity index (χ0) is 23.5. The Morgan fingerprint density at radius 3 is 2.56 bits per heavy atom. The monoisotopic (exact) mass is 443 g/mol. The number of methoxy groups -OCH3 is 1. The molecule has 1 aliphatic rings. The fourth-order valence-corrected chi connectivity index (χ4v) is 4.14. The second kappa shape index (κ2) is 9.67. The minimum absolute atomic E-state index is 0.0430. The van der Waals surface area contributed by atoms with Gasteiger partial charge in [-0.1, -0.05) is 12.8 Å². The van der Waals surface area contributed by atoms with E-state index in [1.807, 2.05) is 20.8 Å². The molecule has 0 unspecified atom stereocenters. The molecule has 32 heavy (non-hydrogen) atoms. The fourth-order valence-electron chi connectivity index (χ4n) is 4.14. The van der Waals surface area contributed by atoms with Crippen LogP contribution in [0.4, 0.5) is 5.95 Å². The molecule has 0 spiro atoms. The lowest BCUT2D eigenvalue weighted by molar-refractivity contribution is -0.156. The Morgan fingerprint density at radius 1 is 1.22 bits per heavy atom. The van der Waals surface area contributed by atoms with Crippen molar-refractivity contribution in [2.24, 2.45) is 13.0 Å². The maximum atomic E-state index is 12.4. The molecule has 1 fully saturated rings.